The Morgan fingerprint density at radius 1 is 1.42 bits per heavy atom. The molecule has 6 heteroatoms. The normalized spacial score (nSPS) is 13.5. The zero-order valence-corrected chi connectivity index (χ0v) is 13.3. The minimum absolute atomic E-state index is 0.287. The number of hydrogen-bond donors (Lipinski definition) is 2. The molecule has 0 aromatic heterocycles. The van der Waals surface area contributed by atoms with E-state index in [4.69, 9.17) is 5.73 Å². The molecular formula is C13H22N2O2S2. The molecular weight excluding hydrogens is 280 g/mol. The molecule has 1 aromatic carbocycles. The summed E-state index contributed by atoms with van der Waals surface area (Å²) in [7, 11) is -3.44. The SMILES string of the molecule is CSCC(C)CNS(=O)(=O)c1ccc(C)c(CN)c1. The second-order valence-corrected chi connectivity index (χ2v) is 7.38. The maximum Gasteiger partial charge on any atom is 0.240 e. The number of benzene rings is 1. The van der Waals surface area contributed by atoms with Crippen LogP contribution >= 0.6 is 11.8 Å². The summed E-state index contributed by atoms with van der Waals surface area (Å²) in [5, 5.41) is 0. The van der Waals surface area contributed by atoms with E-state index in [-0.39, 0.29) is 4.90 Å². The van der Waals surface area contributed by atoms with Crippen molar-refractivity contribution in [2.24, 2.45) is 11.7 Å². The Labute approximate surface area is 120 Å². The summed E-state index contributed by atoms with van der Waals surface area (Å²) in [5.74, 6) is 1.24. The van der Waals surface area contributed by atoms with Gasteiger partial charge in [0.05, 0.1) is 4.90 Å². The van der Waals surface area contributed by atoms with Gasteiger partial charge in [0.2, 0.25) is 10.0 Å². The fourth-order valence-corrected chi connectivity index (χ4v) is 3.62. The molecule has 0 aliphatic heterocycles. The first kappa shape index (κ1) is 16.5. The highest BCUT2D eigenvalue weighted by atomic mass is 32.2. The molecule has 0 saturated heterocycles. The molecule has 0 bridgehead atoms. The molecule has 0 saturated carbocycles. The van der Waals surface area contributed by atoms with E-state index in [0.29, 0.717) is 19.0 Å². The minimum atomic E-state index is -3.44. The fourth-order valence-electron chi connectivity index (χ4n) is 1.71. The van der Waals surface area contributed by atoms with Gasteiger partial charge in [-0.1, -0.05) is 13.0 Å². The molecule has 3 N–H and O–H groups in total. The van der Waals surface area contributed by atoms with E-state index >= 15 is 0 Å². The van der Waals surface area contributed by atoms with Gasteiger partial charge in [-0.2, -0.15) is 11.8 Å². The van der Waals surface area contributed by atoms with Gasteiger partial charge in [0, 0.05) is 13.1 Å². The average molecular weight is 302 g/mol. The Balaban J connectivity index is 2.83. The van der Waals surface area contributed by atoms with E-state index in [0.717, 1.165) is 16.9 Å². The number of aryl methyl sites for hydroxylation is 1. The van der Waals surface area contributed by atoms with E-state index in [1.165, 1.54) is 0 Å². The van der Waals surface area contributed by atoms with Gasteiger partial charge in [-0.3, -0.25) is 0 Å². The monoisotopic (exact) mass is 302 g/mol. The van der Waals surface area contributed by atoms with Crippen molar-refractivity contribution in [1.29, 1.82) is 0 Å². The second-order valence-electron chi connectivity index (χ2n) is 4.70. The van der Waals surface area contributed by atoms with Crippen molar-refractivity contribution < 1.29 is 8.42 Å². The highest BCUT2D eigenvalue weighted by Gasteiger charge is 2.16. The van der Waals surface area contributed by atoms with Crippen LogP contribution in [-0.4, -0.2) is 27.0 Å². The Morgan fingerprint density at radius 2 is 2.11 bits per heavy atom. The van der Waals surface area contributed by atoms with E-state index < -0.39 is 10.0 Å². The van der Waals surface area contributed by atoms with Gasteiger partial charge in [-0.25, -0.2) is 13.1 Å². The summed E-state index contributed by atoms with van der Waals surface area (Å²) in [6.07, 6.45) is 2.01. The Hall–Kier alpha value is -0.560. The molecule has 1 unspecified atom stereocenters. The summed E-state index contributed by atoms with van der Waals surface area (Å²) in [6, 6.07) is 5.06. The number of rotatable bonds is 7. The quantitative estimate of drug-likeness (QED) is 0.804. The Kier molecular flexibility index (Phi) is 6.32. The third-order valence-electron chi connectivity index (χ3n) is 2.92. The second kappa shape index (κ2) is 7.28. The molecule has 1 rings (SSSR count). The molecule has 0 amide bonds. The lowest BCUT2D eigenvalue weighted by Gasteiger charge is -2.13. The van der Waals surface area contributed by atoms with E-state index in [1.807, 2.05) is 20.1 Å². The van der Waals surface area contributed by atoms with Crippen molar-refractivity contribution >= 4 is 21.8 Å². The van der Waals surface area contributed by atoms with Crippen LogP contribution in [0.4, 0.5) is 0 Å². The Morgan fingerprint density at radius 3 is 2.68 bits per heavy atom. The lowest BCUT2D eigenvalue weighted by atomic mass is 10.1. The third-order valence-corrected chi connectivity index (χ3v) is 5.25. The van der Waals surface area contributed by atoms with Crippen molar-refractivity contribution in [3.05, 3.63) is 29.3 Å². The number of thioether (sulfide) groups is 1. The molecule has 1 atom stereocenters. The molecule has 1 aromatic rings. The number of sulfonamides is 1. The van der Waals surface area contributed by atoms with Gasteiger partial charge in [0.25, 0.3) is 0 Å². The maximum absolute atomic E-state index is 12.2. The number of nitrogens with two attached hydrogens (primary N) is 1. The van der Waals surface area contributed by atoms with Crippen molar-refractivity contribution in [2.45, 2.75) is 25.3 Å². The van der Waals surface area contributed by atoms with Crippen molar-refractivity contribution in [1.82, 2.24) is 4.72 Å². The highest BCUT2D eigenvalue weighted by molar-refractivity contribution is 7.98. The van der Waals surface area contributed by atoms with Gasteiger partial charge < -0.3 is 5.73 Å². The summed E-state index contributed by atoms with van der Waals surface area (Å²) in [4.78, 5) is 0.287. The summed E-state index contributed by atoms with van der Waals surface area (Å²) in [6.45, 7) is 4.75. The third kappa shape index (κ3) is 4.80. The predicted octanol–water partition coefficient (Wildman–Crippen LogP) is 1.73. The van der Waals surface area contributed by atoms with Gasteiger partial charge in [0.15, 0.2) is 0 Å². The van der Waals surface area contributed by atoms with Crippen LogP contribution < -0.4 is 10.5 Å². The van der Waals surface area contributed by atoms with Crippen molar-refractivity contribution in [3.8, 4) is 0 Å². The first-order valence-corrected chi connectivity index (χ1v) is 9.06. The van der Waals surface area contributed by atoms with Crippen LogP contribution in [0.2, 0.25) is 0 Å². The zero-order valence-electron chi connectivity index (χ0n) is 11.6. The topological polar surface area (TPSA) is 72.2 Å². The van der Waals surface area contributed by atoms with Crippen LogP contribution in [0.25, 0.3) is 0 Å². The van der Waals surface area contributed by atoms with Crippen LogP contribution in [0, 0.1) is 12.8 Å². The molecule has 0 aliphatic carbocycles. The lowest BCUT2D eigenvalue weighted by molar-refractivity contribution is 0.562. The molecule has 0 heterocycles. The Bertz CT molecular complexity index is 515. The number of hydrogen-bond acceptors (Lipinski definition) is 4. The van der Waals surface area contributed by atoms with Crippen molar-refractivity contribution in [3.63, 3.8) is 0 Å². The highest BCUT2D eigenvalue weighted by Crippen LogP contribution is 2.15. The van der Waals surface area contributed by atoms with Gasteiger partial charge in [0.1, 0.15) is 0 Å². The van der Waals surface area contributed by atoms with E-state index in [9.17, 15) is 8.42 Å². The van der Waals surface area contributed by atoms with Crippen molar-refractivity contribution in [2.75, 3.05) is 18.6 Å². The summed E-state index contributed by atoms with van der Waals surface area (Å²) in [5.41, 5.74) is 7.48. The lowest BCUT2D eigenvalue weighted by Crippen LogP contribution is -2.29. The summed E-state index contributed by atoms with van der Waals surface area (Å²) >= 11 is 1.71. The molecule has 0 radical (unpaired) electrons. The van der Waals surface area contributed by atoms with Crippen LogP contribution in [-0.2, 0) is 16.6 Å². The van der Waals surface area contributed by atoms with Crippen LogP contribution in [0.5, 0.6) is 0 Å². The predicted molar refractivity (Wildman–Crippen MR) is 81.8 cm³/mol. The standard InChI is InChI=1S/C13H22N2O2S2/c1-10(9-18-3)8-15-19(16,17)13-5-4-11(2)12(6-13)7-14/h4-6,10,15H,7-9,14H2,1-3H3. The molecule has 0 aliphatic rings. The van der Waals surface area contributed by atoms with Gasteiger partial charge >= 0.3 is 0 Å². The maximum atomic E-state index is 12.2. The van der Waals surface area contributed by atoms with Gasteiger partial charge in [-0.05, 0) is 48.1 Å². The largest absolute Gasteiger partial charge is 0.326 e. The average Bonchev–Trinajstić information content (AvgIpc) is 2.37. The van der Waals surface area contributed by atoms with E-state index in [1.54, 1.807) is 30.0 Å². The van der Waals surface area contributed by atoms with Crippen LogP contribution in [0.1, 0.15) is 18.1 Å². The zero-order chi connectivity index (χ0) is 14.5. The van der Waals surface area contributed by atoms with Crippen LogP contribution in [0.15, 0.2) is 23.1 Å². The molecule has 4 nitrogen and oxygen atoms in total. The minimum Gasteiger partial charge on any atom is -0.326 e. The summed E-state index contributed by atoms with van der Waals surface area (Å²) < 4.78 is 27.0. The molecule has 19 heavy (non-hydrogen) atoms. The first-order chi connectivity index (χ1) is 8.90. The van der Waals surface area contributed by atoms with Gasteiger partial charge in [-0.15, -0.1) is 0 Å². The fraction of sp³-hybridized carbons (Fsp3) is 0.538. The molecule has 0 spiro atoms. The van der Waals surface area contributed by atoms with E-state index in [2.05, 4.69) is 4.72 Å². The van der Waals surface area contributed by atoms with Crippen LogP contribution in [0.3, 0.4) is 0 Å². The number of nitrogens with one attached hydrogen (secondary N) is 1. The smallest absolute Gasteiger partial charge is 0.240 e. The first-order valence-electron chi connectivity index (χ1n) is 6.19. The molecule has 108 valence electrons. The molecule has 0 fully saturated rings.